The average Bonchev–Trinajstić information content (AvgIpc) is 3.09. The largest absolute Gasteiger partial charge is 0.342 e. The lowest BCUT2D eigenvalue weighted by molar-refractivity contribution is -0.113. The number of thioether (sulfide) groups is 1. The third-order valence-corrected chi connectivity index (χ3v) is 6.54. The van der Waals surface area contributed by atoms with Crippen LogP contribution in [0.15, 0.2) is 41.6 Å². The van der Waals surface area contributed by atoms with Gasteiger partial charge in [0.25, 0.3) is 5.91 Å². The van der Waals surface area contributed by atoms with E-state index in [1.54, 1.807) is 42.8 Å². The first kappa shape index (κ1) is 24.4. The van der Waals surface area contributed by atoms with Gasteiger partial charge in [0, 0.05) is 22.8 Å². The molecule has 1 heterocycles. The van der Waals surface area contributed by atoms with Crippen molar-refractivity contribution in [1.82, 2.24) is 20.1 Å². The molecule has 0 saturated carbocycles. The highest BCUT2D eigenvalue weighted by Gasteiger charge is 2.20. The molecule has 7 nitrogen and oxygen atoms in total. The third-order valence-electron chi connectivity index (χ3n) is 4.57. The van der Waals surface area contributed by atoms with E-state index in [4.69, 9.17) is 34.8 Å². The quantitative estimate of drug-likeness (QED) is 0.419. The van der Waals surface area contributed by atoms with Gasteiger partial charge in [-0.25, -0.2) is 0 Å². The number of hydrogen-bond donors (Lipinski definition) is 2. The van der Waals surface area contributed by atoms with Crippen LogP contribution in [0.2, 0.25) is 15.1 Å². The van der Waals surface area contributed by atoms with Crippen LogP contribution in [-0.4, -0.2) is 32.3 Å². The average molecular weight is 513 g/mol. The summed E-state index contributed by atoms with van der Waals surface area (Å²) in [6.45, 7) is 3.68. The highest BCUT2D eigenvalue weighted by atomic mass is 35.5. The molecular formula is C21H20Cl3N5O2S. The maximum atomic E-state index is 12.5. The van der Waals surface area contributed by atoms with Crippen LogP contribution in [0, 0.1) is 6.92 Å². The van der Waals surface area contributed by atoms with Crippen LogP contribution in [-0.2, 0) is 11.8 Å². The lowest BCUT2D eigenvalue weighted by atomic mass is 10.2. The summed E-state index contributed by atoms with van der Waals surface area (Å²) in [7, 11) is 1.77. The molecule has 0 fully saturated rings. The first-order chi connectivity index (χ1) is 15.2. The maximum Gasteiger partial charge on any atom is 0.253 e. The van der Waals surface area contributed by atoms with Gasteiger partial charge in [-0.05, 0) is 49.7 Å². The number of halogens is 3. The molecule has 0 unspecified atom stereocenters. The molecule has 32 heavy (non-hydrogen) atoms. The van der Waals surface area contributed by atoms with Crippen LogP contribution >= 0.6 is 46.6 Å². The Morgan fingerprint density at radius 3 is 2.53 bits per heavy atom. The molecule has 0 aliphatic carbocycles. The number of aryl methyl sites for hydroxylation is 1. The number of amides is 2. The topological polar surface area (TPSA) is 88.9 Å². The third kappa shape index (κ3) is 5.95. The van der Waals surface area contributed by atoms with Crippen molar-refractivity contribution < 1.29 is 9.59 Å². The van der Waals surface area contributed by atoms with Gasteiger partial charge in [0.2, 0.25) is 5.91 Å². The van der Waals surface area contributed by atoms with Gasteiger partial charge in [-0.1, -0.05) is 52.6 Å². The Balaban J connectivity index is 1.59. The van der Waals surface area contributed by atoms with Crippen LogP contribution in [0.25, 0.3) is 0 Å². The summed E-state index contributed by atoms with van der Waals surface area (Å²) >= 11 is 19.3. The molecule has 168 valence electrons. The molecule has 0 bridgehead atoms. The standard InChI is InChI=1S/C21H20Cl3N5O2S/c1-11-4-6-14(9-16(11)23)26-18(30)10-32-21-28-27-19(29(21)3)12(2)25-20(31)15-7-5-13(22)8-17(15)24/h4-9,12H,10H2,1-3H3,(H,25,31)(H,26,30)/t12-/m1/s1. The van der Waals surface area contributed by atoms with E-state index in [2.05, 4.69) is 20.8 Å². The summed E-state index contributed by atoms with van der Waals surface area (Å²) in [6.07, 6.45) is 0. The predicted octanol–water partition coefficient (Wildman–Crippen LogP) is 5.31. The van der Waals surface area contributed by atoms with Crippen LogP contribution in [0.3, 0.4) is 0 Å². The Morgan fingerprint density at radius 2 is 1.84 bits per heavy atom. The van der Waals surface area contributed by atoms with E-state index in [9.17, 15) is 9.59 Å². The maximum absolute atomic E-state index is 12.5. The zero-order chi connectivity index (χ0) is 23.4. The molecule has 2 amide bonds. The first-order valence-corrected chi connectivity index (χ1v) is 11.6. The van der Waals surface area contributed by atoms with E-state index in [1.807, 2.05) is 13.0 Å². The Bertz CT molecular complexity index is 1170. The molecule has 0 radical (unpaired) electrons. The molecule has 3 aromatic rings. The smallest absolute Gasteiger partial charge is 0.253 e. The summed E-state index contributed by atoms with van der Waals surface area (Å²) < 4.78 is 1.73. The molecule has 1 aromatic heterocycles. The molecule has 2 aromatic carbocycles. The van der Waals surface area contributed by atoms with Gasteiger partial charge >= 0.3 is 0 Å². The normalized spacial score (nSPS) is 11.8. The van der Waals surface area contributed by atoms with Crippen molar-refractivity contribution in [3.63, 3.8) is 0 Å². The number of benzene rings is 2. The highest BCUT2D eigenvalue weighted by molar-refractivity contribution is 7.99. The van der Waals surface area contributed by atoms with Crippen molar-refractivity contribution in [2.45, 2.75) is 25.0 Å². The molecule has 2 N–H and O–H groups in total. The van der Waals surface area contributed by atoms with Crippen molar-refractivity contribution in [3.05, 3.63) is 68.4 Å². The fourth-order valence-corrected chi connectivity index (χ4v) is 4.23. The summed E-state index contributed by atoms with van der Waals surface area (Å²) in [4.78, 5) is 24.8. The van der Waals surface area contributed by atoms with Crippen molar-refractivity contribution >= 4 is 64.1 Å². The molecule has 1 atom stereocenters. The van der Waals surface area contributed by atoms with Gasteiger partial charge in [-0.15, -0.1) is 10.2 Å². The van der Waals surface area contributed by atoms with Gasteiger partial charge < -0.3 is 15.2 Å². The number of hydrogen-bond acceptors (Lipinski definition) is 5. The van der Waals surface area contributed by atoms with Crippen molar-refractivity contribution in [2.75, 3.05) is 11.1 Å². The van der Waals surface area contributed by atoms with Gasteiger partial charge in [-0.3, -0.25) is 9.59 Å². The minimum Gasteiger partial charge on any atom is -0.342 e. The van der Waals surface area contributed by atoms with E-state index in [-0.39, 0.29) is 22.6 Å². The second-order valence-electron chi connectivity index (χ2n) is 7.02. The molecule has 3 rings (SSSR count). The Labute approximate surface area is 204 Å². The van der Waals surface area contributed by atoms with E-state index in [1.165, 1.54) is 17.8 Å². The second kappa shape index (κ2) is 10.6. The van der Waals surface area contributed by atoms with Gasteiger partial charge in [-0.2, -0.15) is 0 Å². The van der Waals surface area contributed by atoms with Gasteiger partial charge in [0.15, 0.2) is 11.0 Å². The minimum absolute atomic E-state index is 0.137. The lowest BCUT2D eigenvalue weighted by Crippen LogP contribution is -2.28. The Morgan fingerprint density at radius 1 is 1.09 bits per heavy atom. The number of aromatic nitrogens is 3. The van der Waals surface area contributed by atoms with Crippen LogP contribution in [0.5, 0.6) is 0 Å². The summed E-state index contributed by atoms with van der Waals surface area (Å²) in [5.41, 5.74) is 1.87. The molecular weight excluding hydrogens is 493 g/mol. The minimum atomic E-state index is -0.440. The highest BCUT2D eigenvalue weighted by Crippen LogP contribution is 2.24. The second-order valence-corrected chi connectivity index (χ2v) is 9.21. The number of rotatable bonds is 7. The number of anilines is 1. The van der Waals surface area contributed by atoms with Gasteiger partial charge in [0.05, 0.1) is 22.4 Å². The predicted molar refractivity (Wildman–Crippen MR) is 129 cm³/mol. The van der Waals surface area contributed by atoms with Crippen LogP contribution in [0.1, 0.15) is 34.7 Å². The van der Waals surface area contributed by atoms with Crippen LogP contribution < -0.4 is 10.6 Å². The number of carbonyl (C=O) groups is 2. The van der Waals surface area contributed by atoms with Crippen molar-refractivity contribution in [3.8, 4) is 0 Å². The Kier molecular flexibility index (Phi) is 8.05. The van der Waals surface area contributed by atoms with E-state index < -0.39 is 6.04 Å². The monoisotopic (exact) mass is 511 g/mol. The molecule has 0 aliphatic rings. The van der Waals surface area contributed by atoms with E-state index >= 15 is 0 Å². The summed E-state index contributed by atoms with van der Waals surface area (Å²) in [5, 5.41) is 15.8. The fraction of sp³-hybridized carbons (Fsp3) is 0.238. The zero-order valence-corrected chi connectivity index (χ0v) is 20.5. The molecule has 0 saturated heterocycles. The fourth-order valence-electron chi connectivity index (χ4n) is 2.84. The lowest BCUT2D eigenvalue weighted by Gasteiger charge is -2.14. The SMILES string of the molecule is Cc1ccc(NC(=O)CSc2nnc([C@@H](C)NC(=O)c3ccc(Cl)cc3Cl)n2C)cc1Cl. The number of carbonyl (C=O) groups excluding carboxylic acids is 2. The first-order valence-electron chi connectivity index (χ1n) is 9.49. The van der Waals surface area contributed by atoms with E-state index in [0.29, 0.717) is 32.3 Å². The number of nitrogens with one attached hydrogen (secondary N) is 2. The molecule has 0 spiro atoms. The van der Waals surface area contributed by atoms with Crippen molar-refractivity contribution in [2.24, 2.45) is 7.05 Å². The number of nitrogens with zero attached hydrogens (tertiary/aromatic N) is 3. The van der Waals surface area contributed by atoms with Gasteiger partial charge in [0.1, 0.15) is 0 Å². The van der Waals surface area contributed by atoms with E-state index in [0.717, 1.165) is 5.56 Å². The Hall–Kier alpha value is -2.26. The summed E-state index contributed by atoms with van der Waals surface area (Å²) in [6, 6.07) is 9.56. The molecule has 11 heteroatoms. The van der Waals surface area contributed by atoms with Crippen molar-refractivity contribution in [1.29, 1.82) is 0 Å². The molecule has 0 aliphatic heterocycles. The van der Waals surface area contributed by atoms with Crippen LogP contribution in [0.4, 0.5) is 5.69 Å². The zero-order valence-electron chi connectivity index (χ0n) is 17.4. The summed E-state index contributed by atoms with van der Waals surface area (Å²) in [5.74, 6) is 0.126.